The second-order valence-corrected chi connectivity index (χ2v) is 13.1. The van der Waals surface area contributed by atoms with E-state index in [2.05, 4.69) is 22.8 Å². The van der Waals surface area contributed by atoms with Crippen LogP contribution in [0.5, 0.6) is 0 Å². The molecule has 2 N–H and O–H groups in total. The number of aryl methyl sites for hydroxylation is 2. The summed E-state index contributed by atoms with van der Waals surface area (Å²) in [5, 5.41) is 11.8. The summed E-state index contributed by atoms with van der Waals surface area (Å²) in [6, 6.07) is 12.4. The molecule has 2 aromatic carbocycles. The zero-order valence-corrected chi connectivity index (χ0v) is 24.7. The number of aromatic nitrogens is 2. The van der Waals surface area contributed by atoms with Crippen molar-refractivity contribution in [2.24, 2.45) is 11.8 Å². The third kappa shape index (κ3) is 5.25. The third-order valence-corrected chi connectivity index (χ3v) is 10.0. The second-order valence-electron chi connectivity index (χ2n) is 12.2. The average molecular weight is 574 g/mol. The number of anilines is 2. The normalized spacial score (nSPS) is 20.8. The first-order valence-corrected chi connectivity index (χ1v) is 16.1. The van der Waals surface area contributed by atoms with Crippen LogP contribution in [0.4, 0.5) is 11.4 Å². The van der Waals surface area contributed by atoms with Crippen molar-refractivity contribution in [3.63, 3.8) is 0 Å². The minimum atomic E-state index is 0.711. The van der Waals surface area contributed by atoms with Gasteiger partial charge in [0, 0.05) is 56.7 Å². The Balaban J connectivity index is 1.01. The molecule has 0 aliphatic heterocycles. The fourth-order valence-corrected chi connectivity index (χ4v) is 7.67. The van der Waals surface area contributed by atoms with Gasteiger partial charge in [0.05, 0.1) is 11.0 Å². The number of benzene rings is 2. The van der Waals surface area contributed by atoms with Gasteiger partial charge in [0.1, 0.15) is 0 Å². The number of rotatable bonds is 6. The summed E-state index contributed by atoms with van der Waals surface area (Å²) in [5.74, 6) is 1.42. The molecule has 4 aromatic rings. The lowest BCUT2D eigenvalue weighted by atomic mass is 9.81. The first-order valence-electron chi connectivity index (χ1n) is 15.3. The van der Waals surface area contributed by atoms with E-state index in [9.17, 15) is 0 Å². The van der Waals surface area contributed by atoms with E-state index in [-0.39, 0.29) is 0 Å². The molecule has 0 saturated heterocycles. The van der Waals surface area contributed by atoms with Gasteiger partial charge in [-0.1, -0.05) is 23.2 Å². The Bertz CT molecular complexity index is 1440. The maximum Gasteiger partial charge on any atom is 0.0741 e. The molecule has 0 unspecified atom stereocenters. The Kier molecular flexibility index (Phi) is 7.49. The van der Waals surface area contributed by atoms with E-state index in [1.807, 2.05) is 24.3 Å². The molecule has 3 aliphatic carbocycles. The SMILES string of the molecule is Clc1ccc2c(NCC3CCC(CNc4c5c(nc6cc(Cl)ccc46)CCCC5)CC3)c3c(nc2c1)CCCC3. The fraction of sp³-hybridized carbons (Fsp3) is 0.471. The van der Waals surface area contributed by atoms with Crippen molar-refractivity contribution in [2.75, 3.05) is 23.7 Å². The Morgan fingerprint density at radius 3 is 1.48 bits per heavy atom. The van der Waals surface area contributed by atoms with E-state index in [0.29, 0.717) is 11.8 Å². The fourth-order valence-electron chi connectivity index (χ4n) is 7.33. The summed E-state index contributed by atoms with van der Waals surface area (Å²) in [5.41, 5.74) is 10.1. The van der Waals surface area contributed by atoms with Crippen LogP contribution in [0, 0.1) is 11.8 Å². The van der Waals surface area contributed by atoms with Gasteiger partial charge >= 0.3 is 0 Å². The van der Waals surface area contributed by atoms with Crippen LogP contribution in [0.25, 0.3) is 21.8 Å². The molecular formula is C34H38Cl2N4. The number of nitrogens with zero attached hydrogens (tertiary/aromatic N) is 2. The minimum Gasteiger partial charge on any atom is -0.384 e. The molecule has 40 heavy (non-hydrogen) atoms. The smallest absolute Gasteiger partial charge is 0.0741 e. The van der Waals surface area contributed by atoms with Crippen molar-refractivity contribution in [1.29, 1.82) is 0 Å². The monoisotopic (exact) mass is 572 g/mol. The van der Waals surface area contributed by atoms with Crippen molar-refractivity contribution < 1.29 is 0 Å². The van der Waals surface area contributed by atoms with Gasteiger partial charge in [-0.2, -0.15) is 0 Å². The maximum atomic E-state index is 6.33. The number of hydrogen-bond donors (Lipinski definition) is 2. The van der Waals surface area contributed by atoms with Gasteiger partial charge in [-0.05, 0) is 136 Å². The summed E-state index contributed by atoms with van der Waals surface area (Å²) in [6.07, 6.45) is 14.5. The van der Waals surface area contributed by atoms with E-state index < -0.39 is 0 Å². The van der Waals surface area contributed by atoms with Crippen LogP contribution >= 0.6 is 23.2 Å². The molecule has 2 heterocycles. The molecule has 1 fully saturated rings. The standard InChI is InChI=1S/C34H38Cl2N4/c35-23-13-15-27-31(17-23)39-29-7-3-1-5-25(29)33(27)37-19-21-9-11-22(12-10-21)20-38-34-26-6-2-4-8-30(26)40-32-18-24(36)14-16-28(32)34/h13-18,21-22H,1-12,19-20H2,(H,37,39)(H,38,40). The molecule has 6 heteroatoms. The largest absolute Gasteiger partial charge is 0.384 e. The number of halogens is 2. The molecule has 0 spiro atoms. The van der Waals surface area contributed by atoms with Crippen LogP contribution in [0.3, 0.4) is 0 Å². The zero-order chi connectivity index (χ0) is 27.1. The summed E-state index contributed by atoms with van der Waals surface area (Å²) >= 11 is 12.7. The van der Waals surface area contributed by atoms with Crippen molar-refractivity contribution in [3.05, 3.63) is 69.0 Å². The summed E-state index contributed by atoms with van der Waals surface area (Å²) in [7, 11) is 0. The molecule has 208 valence electrons. The Morgan fingerprint density at radius 2 is 1.02 bits per heavy atom. The molecule has 0 amide bonds. The highest BCUT2D eigenvalue weighted by Gasteiger charge is 2.25. The van der Waals surface area contributed by atoms with E-state index in [0.717, 1.165) is 59.9 Å². The molecule has 0 atom stereocenters. The zero-order valence-electron chi connectivity index (χ0n) is 23.2. The summed E-state index contributed by atoms with van der Waals surface area (Å²) < 4.78 is 0. The number of hydrogen-bond acceptors (Lipinski definition) is 4. The highest BCUT2D eigenvalue weighted by Crippen LogP contribution is 2.38. The van der Waals surface area contributed by atoms with Gasteiger partial charge in [0.25, 0.3) is 0 Å². The lowest BCUT2D eigenvalue weighted by Gasteiger charge is -2.31. The lowest BCUT2D eigenvalue weighted by Crippen LogP contribution is -2.26. The summed E-state index contributed by atoms with van der Waals surface area (Å²) in [4.78, 5) is 9.99. The molecule has 2 aromatic heterocycles. The van der Waals surface area contributed by atoms with Crippen LogP contribution in [-0.4, -0.2) is 23.1 Å². The van der Waals surface area contributed by atoms with Crippen molar-refractivity contribution in [2.45, 2.75) is 77.0 Å². The summed E-state index contributed by atoms with van der Waals surface area (Å²) in [6.45, 7) is 2.08. The topological polar surface area (TPSA) is 49.8 Å². The maximum absolute atomic E-state index is 6.33. The van der Waals surface area contributed by atoms with E-state index in [1.165, 1.54) is 96.0 Å². The number of pyridine rings is 2. The molecule has 1 saturated carbocycles. The first-order chi connectivity index (χ1) is 19.6. The lowest BCUT2D eigenvalue weighted by molar-refractivity contribution is 0.293. The molecule has 7 rings (SSSR count). The predicted octanol–water partition coefficient (Wildman–Crippen LogP) is 9.18. The quantitative estimate of drug-likeness (QED) is 0.242. The second kappa shape index (κ2) is 11.4. The van der Waals surface area contributed by atoms with Crippen LogP contribution in [0.15, 0.2) is 36.4 Å². The van der Waals surface area contributed by atoms with Crippen LogP contribution < -0.4 is 10.6 Å². The van der Waals surface area contributed by atoms with Gasteiger partial charge < -0.3 is 10.6 Å². The van der Waals surface area contributed by atoms with Crippen LogP contribution in [0.1, 0.15) is 73.9 Å². The highest BCUT2D eigenvalue weighted by molar-refractivity contribution is 6.31. The van der Waals surface area contributed by atoms with Gasteiger partial charge in [0.15, 0.2) is 0 Å². The molecule has 0 radical (unpaired) electrons. The number of nitrogens with one attached hydrogen (secondary N) is 2. The van der Waals surface area contributed by atoms with E-state index >= 15 is 0 Å². The van der Waals surface area contributed by atoms with Gasteiger partial charge in [-0.25, -0.2) is 0 Å². The van der Waals surface area contributed by atoms with Gasteiger partial charge in [-0.3, -0.25) is 9.97 Å². The molecule has 4 nitrogen and oxygen atoms in total. The van der Waals surface area contributed by atoms with Crippen molar-refractivity contribution in [3.8, 4) is 0 Å². The van der Waals surface area contributed by atoms with Gasteiger partial charge in [0.2, 0.25) is 0 Å². The van der Waals surface area contributed by atoms with Crippen molar-refractivity contribution in [1.82, 2.24) is 9.97 Å². The Hall–Kier alpha value is -2.56. The minimum absolute atomic E-state index is 0.711. The van der Waals surface area contributed by atoms with Gasteiger partial charge in [-0.15, -0.1) is 0 Å². The Labute approximate surface area is 247 Å². The molecular weight excluding hydrogens is 535 g/mol. The van der Waals surface area contributed by atoms with E-state index in [1.54, 1.807) is 0 Å². The van der Waals surface area contributed by atoms with Crippen LogP contribution in [0.2, 0.25) is 10.0 Å². The molecule has 0 bridgehead atoms. The first kappa shape index (κ1) is 26.3. The number of fused-ring (bicyclic) bond motifs is 4. The average Bonchev–Trinajstić information content (AvgIpc) is 2.97. The van der Waals surface area contributed by atoms with Crippen LogP contribution in [-0.2, 0) is 25.7 Å². The third-order valence-electron chi connectivity index (χ3n) is 9.55. The highest BCUT2D eigenvalue weighted by atomic mass is 35.5. The Morgan fingerprint density at radius 1 is 0.600 bits per heavy atom. The van der Waals surface area contributed by atoms with E-state index in [4.69, 9.17) is 33.2 Å². The molecule has 3 aliphatic rings. The van der Waals surface area contributed by atoms with Crippen molar-refractivity contribution >= 4 is 56.4 Å². The predicted molar refractivity (Wildman–Crippen MR) is 169 cm³/mol.